The van der Waals surface area contributed by atoms with Crippen LogP contribution >= 0.6 is 0 Å². The summed E-state index contributed by atoms with van der Waals surface area (Å²) in [5, 5.41) is 18.7. The maximum Gasteiger partial charge on any atom is 0.137 e. The topological polar surface area (TPSA) is 63.8 Å². The first kappa shape index (κ1) is 15.0. The Bertz CT molecular complexity index is 921. The Kier molecular flexibility index (Phi) is 3.28. The molecule has 3 aromatic rings. The second kappa shape index (κ2) is 5.24. The van der Waals surface area contributed by atoms with Crippen LogP contribution in [-0.4, -0.2) is 24.9 Å². The molecular formula is C19H20N4O. The van der Waals surface area contributed by atoms with E-state index in [0.717, 1.165) is 46.9 Å². The van der Waals surface area contributed by atoms with Gasteiger partial charge in [-0.3, -0.25) is 9.55 Å². The maximum absolute atomic E-state index is 10.2. The number of aryl methyl sites for hydroxylation is 3. The second-order valence-electron chi connectivity index (χ2n) is 6.86. The highest BCUT2D eigenvalue weighted by atomic mass is 16.3. The van der Waals surface area contributed by atoms with E-state index in [1.54, 1.807) is 20.0 Å². The van der Waals surface area contributed by atoms with E-state index in [0.29, 0.717) is 0 Å². The minimum absolute atomic E-state index is 0.815. The van der Waals surface area contributed by atoms with Gasteiger partial charge in [-0.25, -0.2) is 0 Å². The molecule has 4 rings (SSSR count). The molecule has 0 bridgehead atoms. The molecule has 0 spiro atoms. The lowest BCUT2D eigenvalue weighted by atomic mass is 9.94. The summed E-state index contributed by atoms with van der Waals surface area (Å²) in [7, 11) is 0. The van der Waals surface area contributed by atoms with Gasteiger partial charge in [-0.05, 0) is 56.5 Å². The molecule has 0 saturated carbocycles. The molecule has 5 nitrogen and oxygen atoms in total. The van der Waals surface area contributed by atoms with Gasteiger partial charge in [0.25, 0.3) is 0 Å². The van der Waals surface area contributed by atoms with E-state index in [2.05, 4.69) is 37.9 Å². The summed E-state index contributed by atoms with van der Waals surface area (Å²) >= 11 is 0. The van der Waals surface area contributed by atoms with E-state index in [1.165, 1.54) is 5.56 Å². The fourth-order valence-electron chi connectivity index (χ4n) is 3.24. The fourth-order valence-corrected chi connectivity index (χ4v) is 3.24. The normalized spacial score (nSPS) is 13.5. The molecule has 5 heteroatoms. The number of aliphatic hydroxyl groups is 1. The zero-order valence-electron chi connectivity index (χ0n) is 14.1. The molecule has 1 aromatic carbocycles. The van der Waals surface area contributed by atoms with Crippen molar-refractivity contribution in [3.8, 4) is 16.8 Å². The molecular weight excluding hydrogens is 300 g/mol. The first-order chi connectivity index (χ1) is 11.4. The van der Waals surface area contributed by atoms with Gasteiger partial charge >= 0.3 is 0 Å². The molecule has 1 aliphatic heterocycles. The third-order valence-corrected chi connectivity index (χ3v) is 4.61. The Hall–Kier alpha value is -2.53. The Morgan fingerprint density at radius 1 is 1.04 bits per heavy atom. The van der Waals surface area contributed by atoms with Crippen LogP contribution in [0, 0.1) is 6.92 Å². The number of rotatable bonds is 2. The summed E-state index contributed by atoms with van der Waals surface area (Å²) < 4.78 is 2.13. The summed E-state index contributed by atoms with van der Waals surface area (Å²) in [6.07, 6.45) is 5.42. The largest absolute Gasteiger partial charge is 0.386 e. The van der Waals surface area contributed by atoms with Crippen molar-refractivity contribution in [1.82, 2.24) is 19.7 Å². The van der Waals surface area contributed by atoms with E-state index in [1.807, 2.05) is 19.2 Å². The lowest BCUT2D eigenvalue weighted by molar-refractivity contribution is 0.0783. The van der Waals surface area contributed by atoms with Crippen molar-refractivity contribution in [2.24, 2.45) is 0 Å². The number of pyridine rings is 1. The molecule has 3 heterocycles. The number of hydrogen-bond donors (Lipinski definition) is 1. The van der Waals surface area contributed by atoms with E-state index in [9.17, 15) is 5.11 Å². The quantitative estimate of drug-likeness (QED) is 0.788. The van der Waals surface area contributed by atoms with Crippen LogP contribution in [0.25, 0.3) is 16.8 Å². The lowest BCUT2D eigenvalue weighted by Crippen LogP contribution is -2.15. The Morgan fingerprint density at radius 3 is 2.67 bits per heavy atom. The monoisotopic (exact) mass is 320 g/mol. The van der Waals surface area contributed by atoms with Crippen LogP contribution in [0.4, 0.5) is 0 Å². The fraction of sp³-hybridized carbons (Fsp3) is 0.316. The van der Waals surface area contributed by atoms with E-state index < -0.39 is 5.60 Å². The van der Waals surface area contributed by atoms with Gasteiger partial charge in [0.15, 0.2) is 0 Å². The van der Waals surface area contributed by atoms with Gasteiger partial charge in [0, 0.05) is 29.9 Å². The van der Waals surface area contributed by atoms with Crippen molar-refractivity contribution in [3.63, 3.8) is 0 Å². The third kappa shape index (κ3) is 2.41. The first-order valence-electron chi connectivity index (χ1n) is 8.16. The highest BCUT2D eigenvalue weighted by Gasteiger charge is 2.21. The molecule has 1 N–H and O–H groups in total. The summed E-state index contributed by atoms with van der Waals surface area (Å²) in [4.78, 5) is 4.30. The van der Waals surface area contributed by atoms with Crippen LogP contribution in [0.15, 0.2) is 36.7 Å². The predicted molar refractivity (Wildman–Crippen MR) is 92.0 cm³/mol. The molecule has 122 valence electrons. The smallest absolute Gasteiger partial charge is 0.137 e. The predicted octanol–water partition coefficient (Wildman–Crippen LogP) is 2.96. The number of fused-ring (bicyclic) bond motifs is 3. The van der Waals surface area contributed by atoms with Crippen LogP contribution in [-0.2, 0) is 18.4 Å². The van der Waals surface area contributed by atoms with Gasteiger partial charge < -0.3 is 5.11 Å². The average Bonchev–Trinajstić information content (AvgIpc) is 2.95. The van der Waals surface area contributed by atoms with Crippen LogP contribution in [0.2, 0.25) is 0 Å². The van der Waals surface area contributed by atoms with Gasteiger partial charge in [-0.15, -0.1) is 10.2 Å². The molecule has 0 amide bonds. The van der Waals surface area contributed by atoms with E-state index in [4.69, 9.17) is 0 Å². The molecule has 0 fully saturated rings. The molecule has 1 aliphatic rings. The molecule has 24 heavy (non-hydrogen) atoms. The van der Waals surface area contributed by atoms with Gasteiger partial charge in [-0.2, -0.15) is 0 Å². The zero-order chi connectivity index (χ0) is 16.9. The van der Waals surface area contributed by atoms with Crippen molar-refractivity contribution in [3.05, 3.63) is 59.4 Å². The average molecular weight is 320 g/mol. The van der Waals surface area contributed by atoms with Crippen molar-refractivity contribution in [2.75, 3.05) is 0 Å². The summed E-state index contributed by atoms with van der Waals surface area (Å²) in [5.41, 5.74) is 4.50. The second-order valence-corrected chi connectivity index (χ2v) is 6.86. The summed E-state index contributed by atoms with van der Waals surface area (Å²) in [6.45, 7) is 5.53. The van der Waals surface area contributed by atoms with Gasteiger partial charge in [0.2, 0.25) is 0 Å². The highest BCUT2D eigenvalue weighted by Crippen LogP contribution is 2.31. The third-order valence-electron chi connectivity index (χ3n) is 4.61. The molecule has 0 atom stereocenters. The van der Waals surface area contributed by atoms with Gasteiger partial charge in [0.1, 0.15) is 11.6 Å². The minimum Gasteiger partial charge on any atom is -0.386 e. The van der Waals surface area contributed by atoms with Crippen molar-refractivity contribution in [2.45, 2.75) is 39.2 Å². The lowest BCUT2D eigenvalue weighted by Gasteiger charge is -2.21. The molecule has 0 radical (unpaired) electrons. The molecule has 0 saturated heterocycles. The highest BCUT2D eigenvalue weighted by molar-refractivity contribution is 5.67. The SMILES string of the molecule is Cc1nnc2n1-c1ccc(-c3cncc(C(C)(C)O)c3)cc1CC2. The Balaban J connectivity index is 1.79. The van der Waals surface area contributed by atoms with Gasteiger partial charge in [0.05, 0.1) is 11.3 Å². The number of hydrogen-bond acceptors (Lipinski definition) is 4. The molecule has 0 aliphatic carbocycles. The van der Waals surface area contributed by atoms with Crippen LogP contribution in [0.5, 0.6) is 0 Å². The summed E-state index contributed by atoms with van der Waals surface area (Å²) in [6, 6.07) is 8.44. The van der Waals surface area contributed by atoms with Crippen molar-refractivity contribution >= 4 is 0 Å². The van der Waals surface area contributed by atoms with Crippen molar-refractivity contribution in [1.29, 1.82) is 0 Å². The minimum atomic E-state index is -0.897. The van der Waals surface area contributed by atoms with Gasteiger partial charge in [-0.1, -0.05) is 6.07 Å². The van der Waals surface area contributed by atoms with Crippen LogP contribution in [0.3, 0.4) is 0 Å². The number of benzene rings is 1. The maximum atomic E-state index is 10.2. The molecule has 2 aromatic heterocycles. The number of nitrogens with zero attached hydrogens (tertiary/aromatic N) is 4. The Labute approximate surface area is 141 Å². The zero-order valence-corrected chi connectivity index (χ0v) is 14.1. The Morgan fingerprint density at radius 2 is 1.88 bits per heavy atom. The van der Waals surface area contributed by atoms with Crippen LogP contribution < -0.4 is 0 Å². The van der Waals surface area contributed by atoms with Crippen molar-refractivity contribution < 1.29 is 5.11 Å². The molecule has 0 unspecified atom stereocenters. The van der Waals surface area contributed by atoms with Crippen LogP contribution in [0.1, 0.15) is 36.6 Å². The summed E-state index contributed by atoms with van der Waals surface area (Å²) in [5.74, 6) is 1.95. The van der Waals surface area contributed by atoms with E-state index >= 15 is 0 Å². The van der Waals surface area contributed by atoms with E-state index in [-0.39, 0.29) is 0 Å². The first-order valence-corrected chi connectivity index (χ1v) is 8.16. The standard InChI is InChI=1S/C19H20N4O/c1-12-21-22-18-7-5-14-8-13(4-6-17(14)23(12)18)15-9-16(11-20-10-15)19(2,3)24/h4,6,8-11,24H,5,7H2,1-3H3. The number of aromatic nitrogens is 4.